The Morgan fingerprint density at radius 2 is 0.560 bits per heavy atom. The first-order valence-electron chi connectivity index (χ1n) is 12.1. The molecule has 0 aromatic carbocycles. The number of hydrogen-bond donors (Lipinski definition) is 0. The van der Waals surface area contributed by atoms with E-state index in [-0.39, 0.29) is 0 Å². The molecule has 0 aliphatic rings. The smallest absolute Gasteiger partial charge is 0.0351 e. The van der Waals surface area contributed by atoms with Crippen molar-refractivity contribution in [2.45, 2.75) is 149 Å². The first kappa shape index (κ1) is 24.7. The summed E-state index contributed by atoms with van der Waals surface area (Å²) in [5, 5.41) is 0. The lowest BCUT2D eigenvalue weighted by atomic mass is 10.0. The summed E-state index contributed by atoms with van der Waals surface area (Å²) < 4.78 is 0. The molecule has 0 nitrogen and oxygen atoms in total. The second-order valence-electron chi connectivity index (χ2n) is 8.06. The number of unbranched alkanes of at least 4 members (excludes halogenated alkanes) is 19. The van der Waals surface area contributed by atoms with E-state index >= 15 is 0 Å². The molecule has 0 amide bonds. The molecule has 0 heterocycles. The van der Waals surface area contributed by atoms with E-state index in [1.807, 2.05) is 0 Å². The summed E-state index contributed by atoms with van der Waals surface area (Å²) in [7, 11) is 0. The van der Waals surface area contributed by atoms with E-state index in [9.17, 15) is 0 Å². The Balaban J connectivity index is 3.02. The third-order valence-electron chi connectivity index (χ3n) is 5.37. The SMILES string of the molecule is CCCCCCCC=CCCCCCCCCCCCCCCCC. The van der Waals surface area contributed by atoms with Gasteiger partial charge in [-0.05, 0) is 25.7 Å². The maximum Gasteiger partial charge on any atom is -0.0351 e. The second-order valence-corrected chi connectivity index (χ2v) is 8.06. The van der Waals surface area contributed by atoms with Crippen molar-refractivity contribution < 1.29 is 0 Å². The van der Waals surface area contributed by atoms with Crippen LogP contribution in [0.25, 0.3) is 0 Å². The zero-order chi connectivity index (χ0) is 18.3. The van der Waals surface area contributed by atoms with E-state index in [1.165, 1.54) is 135 Å². The molecule has 0 spiro atoms. The Bertz CT molecular complexity index is 240. The summed E-state index contributed by atoms with van der Waals surface area (Å²) in [6, 6.07) is 0. The maximum atomic E-state index is 2.43. The molecule has 0 bridgehead atoms. The van der Waals surface area contributed by atoms with Gasteiger partial charge in [0, 0.05) is 0 Å². The minimum Gasteiger partial charge on any atom is -0.0885 e. The monoisotopic (exact) mass is 350 g/mol. The summed E-state index contributed by atoms with van der Waals surface area (Å²) in [4.78, 5) is 0. The van der Waals surface area contributed by atoms with Gasteiger partial charge in [0.15, 0.2) is 0 Å². The molecule has 0 aliphatic carbocycles. The molecule has 0 heteroatoms. The highest BCUT2D eigenvalue weighted by atomic mass is 14.0. The van der Waals surface area contributed by atoms with Crippen molar-refractivity contribution in [2.75, 3.05) is 0 Å². The van der Waals surface area contributed by atoms with E-state index in [4.69, 9.17) is 0 Å². The van der Waals surface area contributed by atoms with Gasteiger partial charge in [-0.15, -0.1) is 0 Å². The Labute approximate surface area is 161 Å². The average Bonchev–Trinajstić information content (AvgIpc) is 2.63. The molecule has 0 fully saturated rings. The average molecular weight is 351 g/mol. The zero-order valence-electron chi connectivity index (χ0n) is 18.0. The normalized spacial score (nSPS) is 11.6. The van der Waals surface area contributed by atoms with Crippen molar-refractivity contribution in [3.8, 4) is 0 Å². The minimum absolute atomic E-state index is 1.31. The van der Waals surface area contributed by atoms with Crippen LogP contribution >= 0.6 is 0 Å². The lowest BCUT2D eigenvalue weighted by Gasteiger charge is -2.02. The zero-order valence-corrected chi connectivity index (χ0v) is 18.0. The molecule has 0 N–H and O–H groups in total. The fraction of sp³-hybridized carbons (Fsp3) is 0.920. The first-order chi connectivity index (χ1) is 12.4. The third-order valence-corrected chi connectivity index (χ3v) is 5.37. The molecular formula is C25H50. The van der Waals surface area contributed by atoms with Crippen LogP contribution in [-0.4, -0.2) is 0 Å². The van der Waals surface area contributed by atoms with Crippen LogP contribution < -0.4 is 0 Å². The Kier molecular flexibility index (Phi) is 23.5. The third kappa shape index (κ3) is 23.7. The van der Waals surface area contributed by atoms with Gasteiger partial charge in [-0.25, -0.2) is 0 Å². The van der Waals surface area contributed by atoms with Crippen molar-refractivity contribution in [1.29, 1.82) is 0 Å². The standard InChI is InChI=1S/C25H50/c1-3-5-7-9-11-13-15-17-19-21-23-25-24-22-20-18-16-14-12-10-8-6-4-2/h15,17H,3-14,16,18-25H2,1-2H3. The molecular weight excluding hydrogens is 300 g/mol. The molecule has 0 rings (SSSR count). The number of allylic oxidation sites excluding steroid dienone is 2. The highest BCUT2D eigenvalue weighted by molar-refractivity contribution is 4.81. The van der Waals surface area contributed by atoms with Gasteiger partial charge in [-0.1, -0.05) is 135 Å². The van der Waals surface area contributed by atoms with Gasteiger partial charge in [-0.2, -0.15) is 0 Å². The topological polar surface area (TPSA) is 0 Å². The Morgan fingerprint density at radius 3 is 0.840 bits per heavy atom. The van der Waals surface area contributed by atoms with Crippen molar-refractivity contribution in [2.24, 2.45) is 0 Å². The summed E-state index contributed by atoms with van der Waals surface area (Å²) in [6.45, 7) is 4.59. The summed E-state index contributed by atoms with van der Waals surface area (Å²) in [6.07, 6.45) is 34.9. The fourth-order valence-corrected chi connectivity index (χ4v) is 3.56. The molecule has 0 aliphatic heterocycles. The predicted molar refractivity (Wildman–Crippen MR) is 117 cm³/mol. The van der Waals surface area contributed by atoms with Gasteiger partial charge in [0.05, 0.1) is 0 Å². The van der Waals surface area contributed by atoms with Crippen LogP contribution in [0, 0.1) is 0 Å². The van der Waals surface area contributed by atoms with Crippen molar-refractivity contribution in [1.82, 2.24) is 0 Å². The van der Waals surface area contributed by atoms with E-state index in [0.717, 1.165) is 0 Å². The molecule has 0 atom stereocenters. The molecule has 0 aromatic rings. The quantitative estimate of drug-likeness (QED) is 0.143. The molecule has 0 saturated heterocycles. The van der Waals surface area contributed by atoms with Crippen molar-refractivity contribution in [3.05, 3.63) is 12.2 Å². The first-order valence-corrected chi connectivity index (χ1v) is 12.1. The van der Waals surface area contributed by atoms with Gasteiger partial charge in [0.1, 0.15) is 0 Å². The summed E-state index contributed by atoms with van der Waals surface area (Å²) in [5.41, 5.74) is 0. The minimum atomic E-state index is 1.31. The van der Waals surface area contributed by atoms with Crippen molar-refractivity contribution >= 4 is 0 Å². The van der Waals surface area contributed by atoms with Gasteiger partial charge >= 0.3 is 0 Å². The second kappa shape index (κ2) is 23.7. The molecule has 25 heavy (non-hydrogen) atoms. The number of rotatable bonds is 21. The van der Waals surface area contributed by atoms with E-state index in [0.29, 0.717) is 0 Å². The van der Waals surface area contributed by atoms with Crippen molar-refractivity contribution in [3.63, 3.8) is 0 Å². The molecule has 0 saturated carbocycles. The van der Waals surface area contributed by atoms with Crippen LogP contribution in [0.1, 0.15) is 149 Å². The van der Waals surface area contributed by atoms with E-state index in [1.54, 1.807) is 0 Å². The maximum absolute atomic E-state index is 2.43. The van der Waals surface area contributed by atoms with E-state index < -0.39 is 0 Å². The Hall–Kier alpha value is -0.260. The molecule has 150 valence electrons. The van der Waals surface area contributed by atoms with Crippen LogP contribution in [0.4, 0.5) is 0 Å². The van der Waals surface area contributed by atoms with Gasteiger partial charge in [-0.3, -0.25) is 0 Å². The van der Waals surface area contributed by atoms with Crippen LogP contribution in [0.3, 0.4) is 0 Å². The van der Waals surface area contributed by atoms with Gasteiger partial charge in [0.25, 0.3) is 0 Å². The predicted octanol–water partition coefficient (Wildman–Crippen LogP) is 9.77. The molecule has 0 aromatic heterocycles. The highest BCUT2D eigenvalue weighted by Gasteiger charge is 1.93. The van der Waals surface area contributed by atoms with Crippen LogP contribution in [0.2, 0.25) is 0 Å². The van der Waals surface area contributed by atoms with Crippen LogP contribution in [0.5, 0.6) is 0 Å². The lowest BCUT2D eigenvalue weighted by Crippen LogP contribution is -1.83. The largest absolute Gasteiger partial charge is 0.0885 e. The molecule has 0 radical (unpaired) electrons. The summed E-state index contributed by atoms with van der Waals surface area (Å²) in [5.74, 6) is 0. The Morgan fingerprint density at radius 1 is 0.320 bits per heavy atom. The fourth-order valence-electron chi connectivity index (χ4n) is 3.56. The van der Waals surface area contributed by atoms with Gasteiger partial charge in [0.2, 0.25) is 0 Å². The lowest BCUT2D eigenvalue weighted by molar-refractivity contribution is 0.536. The molecule has 0 unspecified atom stereocenters. The van der Waals surface area contributed by atoms with Gasteiger partial charge < -0.3 is 0 Å². The van der Waals surface area contributed by atoms with Crippen LogP contribution in [-0.2, 0) is 0 Å². The number of hydrogen-bond acceptors (Lipinski definition) is 0. The van der Waals surface area contributed by atoms with Crippen LogP contribution in [0.15, 0.2) is 12.2 Å². The van der Waals surface area contributed by atoms with E-state index in [2.05, 4.69) is 26.0 Å². The highest BCUT2D eigenvalue weighted by Crippen LogP contribution is 2.13. The summed E-state index contributed by atoms with van der Waals surface area (Å²) >= 11 is 0.